The highest BCUT2D eigenvalue weighted by atomic mass is 19.1. The van der Waals surface area contributed by atoms with E-state index in [1.54, 1.807) is 13.2 Å². The summed E-state index contributed by atoms with van der Waals surface area (Å²) in [5.74, 6) is 0.157. The van der Waals surface area contributed by atoms with Gasteiger partial charge in [-0.05, 0) is 12.1 Å². The first-order valence-corrected chi connectivity index (χ1v) is 6.49. The van der Waals surface area contributed by atoms with Crippen molar-refractivity contribution in [1.82, 2.24) is 0 Å². The molecular weight excluding hydrogens is 265 g/mol. The molecule has 114 valence electrons. The van der Waals surface area contributed by atoms with Crippen LogP contribution in [0.5, 0.6) is 5.75 Å². The van der Waals surface area contributed by atoms with Crippen LogP contribution in [0.2, 0.25) is 0 Å². The van der Waals surface area contributed by atoms with Crippen molar-refractivity contribution >= 4 is 5.69 Å². The maximum absolute atomic E-state index is 13.0. The Balaban J connectivity index is 2.09. The van der Waals surface area contributed by atoms with Gasteiger partial charge in [-0.1, -0.05) is 0 Å². The smallest absolute Gasteiger partial charge is 0.144 e. The Hall–Kier alpha value is -1.37. The molecule has 0 fully saturated rings. The van der Waals surface area contributed by atoms with Crippen molar-refractivity contribution in [2.24, 2.45) is 0 Å². The van der Waals surface area contributed by atoms with Crippen molar-refractivity contribution < 1.29 is 23.3 Å². The second-order valence-electron chi connectivity index (χ2n) is 3.99. The Morgan fingerprint density at radius 1 is 1.00 bits per heavy atom. The minimum atomic E-state index is -0.322. The van der Waals surface area contributed by atoms with Crippen molar-refractivity contribution in [3.05, 3.63) is 24.0 Å². The molecule has 0 saturated carbocycles. The number of hydrogen-bond donors (Lipinski definition) is 1. The minimum absolute atomic E-state index is 0.322. The maximum atomic E-state index is 13.0. The van der Waals surface area contributed by atoms with Crippen LogP contribution in [0.1, 0.15) is 0 Å². The van der Waals surface area contributed by atoms with E-state index in [1.807, 2.05) is 0 Å². The van der Waals surface area contributed by atoms with Gasteiger partial charge in [-0.15, -0.1) is 0 Å². The molecule has 1 aromatic carbocycles. The van der Waals surface area contributed by atoms with E-state index in [1.165, 1.54) is 19.2 Å². The molecule has 0 saturated heterocycles. The number of benzene rings is 1. The molecule has 20 heavy (non-hydrogen) atoms. The topological polar surface area (TPSA) is 49.0 Å². The summed E-state index contributed by atoms with van der Waals surface area (Å²) in [6, 6.07) is 4.37. The Kier molecular flexibility index (Phi) is 8.69. The lowest BCUT2D eigenvalue weighted by molar-refractivity contribution is 0.0272. The molecule has 6 heteroatoms. The van der Waals surface area contributed by atoms with Crippen LogP contribution in [-0.2, 0) is 14.2 Å². The summed E-state index contributed by atoms with van der Waals surface area (Å²) < 4.78 is 33.6. The van der Waals surface area contributed by atoms with Gasteiger partial charge in [0.2, 0.25) is 0 Å². The van der Waals surface area contributed by atoms with Gasteiger partial charge in [0.05, 0.1) is 45.8 Å². The van der Waals surface area contributed by atoms with Crippen molar-refractivity contribution in [1.29, 1.82) is 0 Å². The minimum Gasteiger partial charge on any atom is -0.494 e. The number of ether oxygens (including phenoxy) is 4. The van der Waals surface area contributed by atoms with Gasteiger partial charge in [-0.2, -0.15) is 0 Å². The first kappa shape index (κ1) is 16.7. The van der Waals surface area contributed by atoms with E-state index in [0.717, 1.165) is 5.69 Å². The summed E-state index contributed by atoms with van der Waals surface area (Å²) in [6.45, 7) is 3.39. The van der Waals surface area contributed by atoms with Gasteiger partial charge < -0.3 is 24.3 Å². The average Bonchev–Trinajstić information content (AvgIpc) is 2.46. The van der Waals surface area contributed by atoms with Crippen LogP contribution in [0.4, 0.5) is 10.1 Å². The first-order chi connectivity index (χ1) is 9.77. The number of methoxy groups -OCH3 is 2. The Labute approximate surface area is 119 Å². The Bertz CT molecular complexity index is 376. The van der Waals surface area contributed by atoms with Gasteiger partial charge in [-0.25, -0.2) is 4.39 Å². The quantitative estimate of drug-likeness (QED) is 0.630. The molecule has 0 aliphatic heterocycles. The number of hydrogen-bond acceptors (Lipinski definition) is 5. The third kappa shape index (κ3) is 6.70. The van der Waals surface area contributed by atoms with Crippen LogP contribution in [0, 0.1) is 5.82 Å². The van der Waals surface area contributed by atoms with Gasteiger partial charge >= 0.3 is 0 Å². The normalized spacial score (nSPS) is 10.6. The van der Waals surface area contributed by atoms with Crippen molar-refractivity contribution in [2.45, 2.75) is 0 Å². The van der Waals surface area contributed by atoms with Crippen LogP contribution in [0.3, 0.4) is 0 Å². The molecule has 0 radical (unpaired) electrons. The summed E-state index contributed by atoms with van der Waals surface area (Å²) in [5, 5.41) is 3.13. The molecule has 0 bridgehead atoms. The molecule has 1 N–H and O–H groups in total. The Morgan fingerprint density at radius 3 is 2.40 bits per heavy atom. The van der Waals surface area contributed by atoms with E-state index in [0.29, 0.717) is 45.3 Å². The Morgan fingerprint density at radius 2 is 1.70 bits per heavy atom. The number of rotatable bonds is 11. The molecule has 1 aromatic rings. The van der Waals surface area contributed by atoms with E-state index in [4.69, 9.17) is 18.9 Å². The monoisotopic (exact) mass is 287 g/mol. The second-order valence-corrected chi connectivity index (χ2v) is 3.99. The predicted octanol–water partition coefficient (Wildman–Crippen LogP) is 1.93. The SMILES string of the molecule is COCCOCCOCCNc1ccc(F)cc1OC. The molecule has 0 atom stereocenters. The largest absolute Gasteiger partial charge is 0.494 e. The standard InChI is InChI=1S/C14H22FNO4/c1-17-7-8-20-10-9-19-6-5-16-13-4-3-12(15)11-14(13)18-2/h3-4,11,16H,5-10H2,1-2H3. The van der Waals surface area contributed by atoms with Crippen LogP contribution < -0.4 is 10.1 Å². The second kappa shape index (κ2) is 10.4. The highest BCUT2D eigenvalue weighted by Gasteiger charge is 2.03. The van der Waals surface area contributed by atoms with Crippen LogP contribution in [0.25, 0.3) is 0 Å². The third-order valence-corrected chi connectivity index (χ3v) is 2.53. The van der Waals surface area contributed by atoms with E-state index < -0.39 is 0 Å². The molecule has 0 aromatic heterocycles. The fraction of sp³-hybridized carbons (Fsp3) is 0.571. The highest BCUT2D eigenvalue weighted by molar-refractivity contribution is 5.56. The van der Waals surface area contributed by atoms with E-state index in [-0.39, 0.29) is 5.82 Å². The van der Waals surface area contributed by atoms with Crippen molar-refractivity contribution in [3.8, 4) is 5.75 Å². The van der Waals surface area contributed by atoms with Crippen molar-refractivity contribution in [3.63, 3.8) is 0 Å². The number of anilines is 1. The van der Waals surface area contributed by atoms with Gasteiger partial charge in [0.25, 0.3) is 0 Å². The van der Waals surface area contributed by atoms with Gasteiger partial charge in [-0.3, -0.25) is 0 Å². The zero-order valence-corrected chi connectivity index (χ0v) is 12.0. The fourth-order valence-corrected chi connectivity index (χ4v) is 1.53. The van der Waals surface area contributed by atoms with Crippen LogP contribution in [-0.4, -0.2) is 53.8 Å². The van der Waals surface area contributed by atoms with Crippen LogP contribution >= 0.6 is 0 Å². The zero-order valence-electron chi connectivity index (χ0n) is 12.0. The highest BCUT2D eigenvalue weighted by Crippen LogP contribution is 2.24. The molecule has 0 aliphatic carbocycles. The van der Waals surface area contributed by atoms with Crippen LogP contribution in [0.15, 0.2) is 18.2 Å². The third-order valence-electron chi connectivity index (χ3n) is 2.53. The van der Waals surface area contributed by atoms with E-state index >= 15 is 0 Å². The zero-order chi connectivity index (χ0) is 14.6. The molecule has 5 nitrogen and oxygen atoms in total. The fourth-order valence-electron chi connectivity index (χ4n) is 1.53. The molecule has 0 spiro atoms. The molecule has 0 aliphatic rings. The molecule has 0 unspecified atom stereocenters. The first-order valence-electron chi connectivity index (χ1n) is 6.49. The lowest BCUT2D eigenvalue weighted by Crippen LogP contribution is -2.14. The van der Waals surface area contributed by atoms with Gasteiger partial charge in [0.15, 0.2) is 0 Å². The summed E-state index contributed by atoms with van der Waals surface area (Å²) in [6.07, 6.45) is 0. The predicted molar refractivity (Wildman–Crippen MR) is 75.0 cm³/mol. The van der Waals surface area contributed by atoms with Crippen molar-refractivity contribution in [2.75, 3.05) is 59.1 Å². The van der Waals surface area contributed by atoms with E-state index in [9.17, 15) is 4.39 Å². The summed E-state index contributed by atoms with van der Waals surface area (Å²) in [5.41, 5.74) is 0.744. The molecule has 0 amide bonds. The number of nitrogens with one attached hydrogen (secondary N) is 1. The summed E-state index contributed by atoms with van der Waals surface area (Å²) in [4.78, 5) is 0. The average molecular weight is 287 g/mol. The lowest BCUT2D eigenvalue weighted by Gasteiger charge is -2.11. The molecule has 0 heterocycles. The van der Waals surface area contributed by atoms with Gasteiger partial charge in [0.1, 0.15) is 11.6 Å². The van der Waals surface area contributed by atoms with E-state index in [2.05, 4.69) is 5.32 Å². The lowest BCUT2D eigenvalue weighted by atomic mass is 10.3. The maximum Gasteiger partial charge on any atom is 0.144 e. The van der Waals surface area contributed by atoms with Gasteiger partial charge in [0, 0.05) is 19.7 Å². The number of halogens is 1. The summed E-state index contributed by atoms with van der Waals surface area (Å²) >= 11 is 0. The molecular formula is C14H22FNO4. The molecule has 1 rings (SSSR count). The summed E-state index contributed by atoms with van der Waals surface area (Å²) in [7, 11) is 3.14.